The summed E-state index contributed by atoms with van der Waals surface area (Å²) in [6.45, 7) is 8.46. The van der Waals surface area contributed by atoms with Crippen LogP contribution in [-0.4, -0.2) is 11.8 Å². The highest BCUT2D eigenvalue weighted by atomic mass is 16.5. The second kappa shape index (κ2) is 8.55. The quantitative estimate of drug-likeness (QED) is 0.295. The van der Waals surface area contributed by atoms with Crippen molar-refractivity contribution in [3.63, 3.8) is 0 Å². The van der Waals surface area contributed by atoms with Gasteiger partial charge in [-0.05, 0) is 67.4 Å². The number of imide groups is 1. The number of anilines is 1. The van der Waals surface area contributed by atoms with Gasteiger partial charge in [-0.15, -0.1) is 0 Å². The molecule has 4 aromatic carbocycles. The number of fused-ring (bicyclic) bond motifs is 1. The van der Waals surface area contributed by atoms with Crippen LogP contribution in [0.5, 0.6) is 11.5 Å². The highest BCUT2D eigenvalue weighted by Gasteiger charge is 2.37. The normalized spacial score (nSPS) is 13.2. The molecule has 0 radical (unpaired) electrons. The van der Waals surface area contributed by atoms with Gasteiger partial charge in [0, 0.05) is 5.41 Å². The second-order valence-electron chi connectivity index (χ2n) is 9.61. The Kier molecular flexibility index (Phi) is 5.52. The molecule has 4 aromatic rings. The summed E-state index contributed by atoms with van der Waals surface area (Å²) in [5.74, 6) is 0.527. The van der Waals surface area contributed by atoms with E-state index < -0.39 is 0 Å². The largest absolute Gasteiger partial charge is 0.457 e. The molecule has 0 atom stereocenters. The molecular formula is C31H27NO3. The zero-order valence-electron chi connectivity index (χ0n) is 20.3. The minimum absolute atomic E-state index is 0.147. The first-order valence-electron chi connectivity index (χ1n) is 11.7. The number of ether oxygens (including phenoxy) is 1. The maximum atomic E-state index is 13.1. The number of amides is 2. The molecule has 0 unspecified atom stereocenters. The first kappa shape index (κ1) is 22.6. The molecule has 0 bridgehead atoms. The van der Waals surface area contributed by atoms with Crippen LogP contribution in [0.2, 0.25) is 0 Å². The Morgan fingerprint density at radius 2 is 1.09 bits per heavy atom. The lowest BCUT2D eigenvalue weighted by Crippen LogP contribution is -2.29. The molecule has 174 valence electrons. The summed E-state index contributed by atoms with van der Waals surface area (Å²) in [4.78, 5) is 27.2. The van der Waals surface area contributed by atoms with Gasteiger partial charge in [0.05, 0.1) is 16.8 Å². The van der Waals surface area contributed by atoms with E-state index in [1.165, 1.54) is 21.6 Å². The van der Waals surface area contributed by atoms with Gasteiger partial charge in [-0.3, -0.25) is 9.59 Å². The van der Waals surface area contributed by atoms with Crippen molar-refractivity contribution >= 4 is 17.5 Å². The summed E-state index contributed by atoms with van der Waals surface area (Å²) >= 11 is 0. The third-order valence-electron chi connectivity index (χ3n) is 6.74. The van der Waals surface area contributed by atoms with Crippen molar-refractivity contribution in [2.24, 2.45) is 0 Å². The SMILES string of the molecule is Cc1ccc(N2C(=O)c3ccc(Oc4ccc(C(C)(C)c5ccc(C)cc5)cc4)cc3C2=O)cc1. The van der Waals surface area contributed by atoms with Crippen LogP contribution in [0.25, 0.3) is 0 Å². The van der Waals surface area contributed by atoms with Gasteiger partial charge in [0.25, 0.3) is 11.8 Å². The minimum atomic E-state index is -0.338. The zero-order valence-corrected chi connectivity index (χ0v) is 20.3. The van der Waals surface area contributed by atoms with Crippen molar-refractivity contribution < 1.29 is 14.3 Å². The van der Waals surface area contributed by atoms with E-state index in [1.54, 1.807) is 30.3 Å². The topological polar surface area (TPSA) is 46.6 Å². The Labute approximate surface area is 205 Å². The summed E-state index contributed by atoms with van der Waals surface area (Å²) in [6, 6.07) is 29.0. The molecule has 0 fully saturated rings. The maximum absolute atomic E-state index is 13.1. The van der Waals surface area contributed by atoms with Crippen LogP contribution in [0.4, 0.5) is 5.69 Å². The molecule has 0 aliphatic carbocycles. The maximum Gasteiger partial charge on any atom is 0.266 e. The summed E-state index contributed by atoms with van der Waals surface area (Å²) in [5, 5.41) is 0. The van der Waals surface area contributed by atoms with Crippen LogP contribution in [0.1, 0.15) is 56.8 Å². The van der Waals surface area contributed by atoms with Crippen molar-refractivity contribution in [1.82, 2.24) is 0 Å². The first-order valence-corrected chi connectivity index (χ1v) is 11.7. The fourth-order valence-corrected chi connectivity index (χ4v) is 4.42. The molecule has 0 N–H and O–H groups in total. The summed E-state index contributed by atoms with van der Waals surface area (Å²) in [5.41, 5.74) is 5.89. The molecule has 5 rings (SSSR count). The molecule has 1 heterocycles. The summed E-state index contributed by atoms with van der Waals surface area (Å²) in [6.07, 6.45) is 0. The summed E-state index contributed by atoms with van der Waals surface area (Å²) in [7, 11) is 0. The average Bonchev–Trinajstić information content (AvgIpc) is 3.10. The molecule has 1 aliphatic heterocycles. The Bertz CT molecular complexity index is 1420. The molecular weight excluding hydrogens is 434 g/mol. The van der Waals surface area contributed by atoms with Crippen molar-refractivity contribution in [2.45, 2.75) is 33.1 Å². The summed E-state index contributed by atoms with van der Waals surface area (Å²) < 4.78 is 6.05. The molecule has 0 spiro atoms. The average molecular weight is 462 g/mol. The van der Waals surface area contributed by atoms with Crippen LogP contribution < -0.4 is 9.64 Å². The van der Waals surface area contributed by atoms with E-state index in [-0.39, 0.29) is 17.2 Å². The minimum Gasteiger partial charge on any atom is -0.457 e. The Hall–Kier alpha value is -4.18. The third-order valence-corrected chi connectivity index (χ3v) is 6.74. The van der Waals surface area contributed by atoms with Gasteiger partial charge in [0.15, 0.2) is 0 Å². The van der Waals surface area contributed by atoms with Crippen molar-refractivity contribution in [2.75, 3.05) is 4.90 Å². The number of benzene rings is 4. The van der Waals surface area contributed by atoms with Gasteiger partial charge in [-0.1, -0.05) is 73.5 Å². The lowest BCUT2D eigenvalue weighted by Gasteiger charge is -2.26. The molecule has 35 heavy (non-hydrogen) atoms. The smallest absolute Gasteiger partial charge is 0.266 e. The number of nitrogens with zero attached hydrogens (tertiary/aromatic N) is 1. The molecule has 4 heteroatoms. The number of rotatable bonds is 5. The van der Waals surface area contributed by atoms with Crippen molar-refractivity contribution in [3.8, 4) is 11.5 Å². The highest BCUT2D eigenvalue weighted by Crippen LogP contribution is 2.35. The van der Waals surface area contributed by atoms with E-state index in [4.69, 9.17) is 4.74 Å². The van der Waals surface area contributed by atoms with Gasteiger partial charge in [0.1, 0.15) is 11.5 Å². The van der Waals surface area contributed by atoms with Crippen LogP contribution in [0.3, 0.4) is 0 Å². The van der Waals surface area contributed by atoms with E-state index in [9.17, 15) is 9.59 Å². The van der Waals surface area contributed by atoms with E-state index in [1.807, 2.05) is 31.2 Å². The van der Waals surface area contributed by atoms with E-state index in [0.717, 1.165) is 5.56 Å². The lowest BCUT2D eigenvalue weighted by molar-refractivity contribution is 0.0926. The van der Waals surface area contributed by atoms with Crippen molar-refractivity contribution in [3.05, 3.63) is 124 Å². The third kappa shape index (κ3) is 4.12. The van der Waals surface area contributed by atoms with E-state index in [2.05, 4.69) is 57.2 Å². The molecule has 0 saturated heterocycles. The first-order chi connectivity index (χ1) is 16.7. The number of hydrogen-bond acceptors (Lipinski definition) is 3. The van der Waals surface area contributed by atoms with E-state index >= 15 is 0 Å². The van der Waals surface area contributed by atoms with Crippen LogP contribution in [0.15, 0.2) is 91.0 Å². The zero-order chi connectivity index (χ0) is 24.7. The van der Waals surface area contributed by atoms with Crippen molar-refractivity contribution in [1.29, 1.82) is 0 Å². The Morgan fingerprint density at radius 1 is 0.600 bits per heavy atom. The van der Waals surface area contributed by atoms with Gasteiger partial charge >= 0.3 is 0 Å². The van der Waals surface area contributed by atoms with Gasteiger partial charge < -0.3 is 4.74 Å². The Morgan fingerprint density at radius 3 is 1.69 bits per heavy atom. The lowest BCUT2D eigenvalue weighted by atomic mass is 9.78. The standard InChI is InChI=1S/C31H27NO3/c1-20-5-9-22(10-6-20)31(3,4)23-11-15-25(16-12-23)35-26-17-18-27-28(19-26)30(34)32(29(27)33)24-13-7-21(2)8-14-24/h5-19H,1-4H3. The second-order valence-corrected chi connectivity index (χ2v) is 9.61. The predicted octanol–water partition coefficient (Wildman–Crippen LogP) is 7.22. The number of carbonyl (C=O) groups is 2. The number of carbonyl (C=O) groups excluding carboxylic acids is 2. The molecule has 0 saturated carbocycles. The molecule has 0 aromatic heterocycles. The molecule has 4 nitrogen and oxygen atoms in total. The molecule has 1 aliphatic rings. The fourth-order valence-electron chi connectivity index (χ4n) is 4.42. The number of hydrogen-bond donors (Lipinski definition) is 0. The molecule has 2 amide bonds. The number of aryl methyl sites for hydroxylation is 2. The van der Waals surface area contributed by atoms with Gasteiger partial charge in [0.2, 0.25) is 0 Å². The Balaban J connectivity index is 1.36. The van der Waals surface area contributed by atoms with E-state index in [0.29, 0.717) is 28.3 Å². The fraction of sp³-hybridized carbons (Fsp3) is 0.161. The van der Waals surface area contributed by atoms with Crippen LogP contribution >= 0.6 is 0 Å². The van der Waals surface area contributed by atoms with Gasteiger partial charge in [-0.2, -0.15) is 0 Å². The highest BCUT2D eigenvalue weighted by molar-refractivity contribution is 6.34. The predicted molar refractivity (Wildman–Crippen MR) is 139 cm³/mol. The van der Waals surface area contributed by atoms with Gasteiger partial charge in [-0.25, -0.2) is 4.90 Å². The van der Waals surface area contributed by atoms with Crippen LogP contribution in [-0.2, 0) is 5.41 Å². The van der Waals surface area contributed by atoms with Crippen LogP contribution in [0, 0.1) is 13.8 Å². The monoisotopic (exact) mass is 461 g/mol.